The van der Waals surface area contributed by atoms with Crippen LogP contribution in [0, 0.1) is 0 Å². The van der Waals surface area contributed by atoms with Gasteiger partial charge in [0.1, 0.15) is 0 Å². The first kappa shape index (κ1) is 6.45. The quantitative estimate of drug-likeness (QED) is 0.326. The van der Waals surface area contributed by atoms with Gasteiger partial charge in [-0.1, -0.05) is 0 Å². The third kappa shape index (κ3) is 4.45. The fourth-order valence-electron chi connectivity index (χ4n) is 0. The lowest BCUT2D eigenvalue weighted by atomic mass is 10.3. The molecule has 0 aliphatic carbocycles. The molecule has 1 atom stereocenters. The molecule has 1 unspecified atom stereocenters. The first-order chi connectivity index (χ1) is 2.56. The second-order valence-corrected chi connectivity index (χ2v) is 2.56. The normalized spacial score (nSPS) is 12.0. The number of quaternary nitrogens is 1. The summed E-state index contributed by atoms with van der Waals surface area (Å²) in [7, 11) is 10.9. The lowest BCUT2D eigenvalue weighted by Crippen LogP contribution is -2.34. The Labute approximate surface area is 42.7 Å². The number of hydrogen-bond acceptors (Lipinski definition) is 0. The highest BCUT2D eigenvalue weighted by atomic mass is 31.0. The zero-order chi connectivity index (χ0) is 5.21. The van der Waals surface area contributed by atoms with Gasteiger partial charge in [0, 0.05) is 28.3 Å². The summed E-state index contributed by atoms with van der Waals surface area (Å²) in [6, 6.07) is 0. The van der Waals surface area contributed by atoms with Crippen LogP contribution in [0.1, 0.15) is 0 Å². The van der Waals surface area contributed by atoms with E-state index in [9.17, 15) is 0 Å². The van der Waals surface area contributed by atoms with Crippen LogP contribution in [0.2, 0.25) is 0 Å². The molecule has 0 aliphatic rings. The molecule has 1 nitrogen and oxygen atoms in total. The summed E-state index contributed by atoms with van der Waals surface area (Å²) in [6.07, 6.45) is 0. The number of rotatable bonds is 1. The first-order valence-electron chi connectivity index (χ1n) is 1.93. The van der Waals surface area contributed by atoms with Gasteiger partial charge in [-0.05, 0) is 0 Å². The zero-order valence-electron chi connectivity index (χ0n) is 4.60. The third-order valence-corrected chi connectivity index (χ3v) is 1.34. The minimum Gasteiger partial charge on any atom is -0.564 e. The van der Waals surface area contributed by atoms with Crippen molar-refractivity contribution in [2.45, 2.75) is 0 Å². The van der Waals surface area contributed by atoms with Gasteiger partial charge in [-0.3, -0.25) is 0 Å². The molecule has 3 heteroatoms. The van der Waals surface area contributed by atoms with Crippen molar-refractivity contribution in [1.29, 1.82) is 0 Å². The van der Waals surface area contributed by atoms with Crippen LogP contribution >= 0.6 is 9.12 Å². The minimum absolute atomic E-state index is 0.907. The van der Waals surface area contributed by atoms with Crippen molar-refractivity contribution in [3.05, 3.63) is 0 Å². The predicted molar refractivity (Wildman–Crippen MR) is 33.5 cm³/mol. The topological polar surface area (TPSA) is 0 Å². The monoisotopic (exact) mass is 103 g/mol. The van der Waals surface area contributed by atoms with Gasteiger partial charge in [-0.2, -0.15) is 0 Å². The Hall–Kier alpha value is 0.455. The number of hydrogen-bond donors (Lipinski definition) is 0. The number of nitrogens with zero attached hydrogens (tertiary/aromatic N) is 1. The van der Waals surface area contributed by atoms with Crippen molar-refractivity contribution in [1.82, 2.24) is 0 Å². The molecule has 0 amide bonds. The first-order valence-corrected chi connectivity index (χ1v) is 2.60. The second kappa shape index (κ2) is 1.95. The van der Waals surface area contributed by atoms with Gasteiger partial charge < -0.3 is 13.5 Å². The van der Waals surface area contributed by atoms with E-state index in [2.05, 4.69) is 30.3 Å². The summed E-state index contributed by atoms with van der Waals surface area (Å²) in [5, 5.41) is 0. The van der Waals surface area contributed by atoms with Gasteiger partial charge in [0.2, 0.25) is 0 Å². The molecule has 0 aromatic rings. The maximum atomic E-state index is 2.57. The van der Waals surface area contributed by atoms with Crippen LogP contribution in [-0.4, -0.2) is 32.7 Å². The minimum atomic E-state index is 0.907. The van der Waals surface area contributed by atoms with Crippen molar-refractivity contribution in [3.63, 3.8) is 0 Å². The van der Waals surface area contributed by atoms with Crippen LogP contribution < -0.4 is 0 Å². The van der Waals surface area contributed by atoms with E-state index in [1.807, 2.05) is 7.13 Å². The smallest absolute Gasteiger partial charge is 0.0230 e. The van der Waals surface area contributed by atoms with E-state index in [4.69, 9.17) is 0 Å². The molecule has 0 bridgehead atoms. The molecule has 0 aromatic carbocycles. The highest BCUT2D eigenvalue weighted by molar-refractivity contribution is 7.53. The van der Waals surface area contributed by atoms with E-state index < -0.39 is 0 Å². The molecule has 0 rings (SSSR count). The molecule has 0 spiro atoms. The van der Waals surface area contributed by atoms with Crippen molar-refractivity contribution < 1.29 is 4.39 Å². The van der Waals surface area contributed by atoms with E-state index in [1.165, 1.54) is 0 Å². The Morgan fingerprint density at radius 3 is 1.50 bits per heavy atom. The van der Waals surface area contributed by atoms with Crippen LogP contribution in [0.15, 0.2) is 0 Å². The SMILES string of the molecule is C[N+](C)(C)[B-]P. The van der Waals surface area contributed by atoms with Crippen LogP contribution in [-0.2, 0) is 0 Å². The molecule has 0 N–H and O–H groups in total. The Morgan fingerprint density at radius 2 is 1.50 bits per heavy atom. The van der Waals surface area contributed by atoms with Crippen LogP contribution in [0.3, 0.4) is 0 Å². The van der Waals surface area contributed by atoms with E-state index in [1.54, 1.807) is 0 Å². The maximum Gasteiger partial charge on any atom is 0.0230 e. The van der Waals surface area contributed by atoms with E-state index >= 15 is 0 Å². The molecule has 0 fully saturated rings. The molecular formula is C3H11BNP. The Morgan fingerprint density at radius 1 is 1.33 bits per heavy atom. The molecule has 0 aromatic heterocycles. The highest BCUT2D eigenvalue weighted by Crippen LogP contribution is 1.88. The van der Waals surface area contributed by atoms with Crippen LogP contribution in [0.25, 0.3) is 0 Å². The Bertz CT molecular complexity index is 40.5. The Balaban J connectivity index is 3.17. The molecule has 6 heavy (non-hydrogen) atoms. The summed E-state index contributed by atoms with van der Waals surface area (Å²) in [5.74, 6) is 0. The average molecular weight is 103 g/mol. The fraction of sp³-hybridized carbons (Fsp3) is 1.00. The molecule has 0 heterocycles. The van der Waals surface area contributed by atoms with Crippen LogP contribution in [0.5, 0.6) is 0 Å². The average Bonchev–Trinajstić information content (AvgIpc) is 1.35. The van der Waals surface area contributed by atoms with Gasteiger partial charge in [0.15, 0.2) is 0 Å². The third-order valence-electron chi connectivity index (χ3n) is 0.447. The summed E-state index contributed by atoms with van der Waals surface area (Å²) < 4.78 is 0.907. The van der Waals surface area contributed by atoms with Crippen molar-refractivity contribution >= 4 is 16.3 Å². The van der Waals surface area contributed by atoms with E-state index in [0.29, 0.717) is 0 Å². The molecule has 0 saturated carbocycles. The summed E-state index contributed by atoms with van der Waals surface area (Å²) >= 11 is 0. The standard InChI is InChI=1S/C3H11BNP/c1-5(2,3)4-6/h6H2,1-3H3. The van der Waals surface area contributed by atoms with E-state index in [0.717, 1.165) is 4.39 Å². The molecule has 2 radical (unpaired) electrons. The Kier molecular flexibility index (Phi) is 2.10. The second-order valence-electron chi connectivity index (χ2n) is 2.27. The van der Waals surface area contributed by atoms with Gasteiger partial charge in [0.05, 0.1) is 0 Å². The van der Waals surface area contributed by atoms with E-state index in [-0.39, 0.29) is 0 Å². The fourth-order valence-corrected chi connectivity index (χ4v) is 0. The lowest BCUT2D eigenvalue weighted by molar-refractivity contribution is -0.752. The maximum absolute atomic E-state index is 2.57. The summed E-state index contributed by atoms with van der Waals surface area (Å²) in [6.45, 7) is 0. The summed E-state index contributed by atoms with van der Waals surface area (Å²) in [4.78, 5) is 0. The van der Waals surface area contributed by atoms with Crippen molar-refractivity contribution in [2.75, 3.05) is 21.1 Å². The van der Waals surface area contributed by atoms with Gasteiger partial charge in [-0.15, -0.1) is 0 Å². The largest absolute Gasteiger partial charge is 0.564 e. The predicted octanol–water partition coefficient (Wildman–Crippen LogP) is 0.102. The molecule has 0 saturated heterocycles. The molecule has 0 aliphatic heterocycles. The van der Waals surface area contributed by atoms with Crippen molar-refractivity contribution in [3.8, 4) is 0 Å². The lowest BCUT2D eigenvalue weighted by Gasteiger charge is -2.35. The van der Waals surface area contributed by atoms with Gasteiger partial charge >= 0.3 is 0 Å². The van der Waals surface area contributed by atoms with Gasteiger partial charge in [0.25, 0.3) is 0 Å². The molecule has 36 valence electrons. The van der Waals surface area contributed by atoms with Crippen LogP contribution in [0.4, 0.5) is 0 Å². The van der Waals surface area contributed by atoms with Crippen molar-refractivity contribution in [2.24, 2.45) is 0 Å². The highest BCUT2D eigenvalue weighted by Gasteiger charge is 1.84. The van der Waals surface area contributed by atoms with Gasteiger partial charge in [-0.25, -0.2) is 0 Å². The molecular weight excluding hydrogens is 91.8 g/mol. The zero-order valence-corrected chi connectivity index (χ0v) is 5.76. The summed E-state index contributed by atoms with van der Waals surface area (Å²) in [5.41, 5.74) is 0.